The van der Waals surface area contributed by atoms with Crippen LogP contribution in [-0.2, 0) is 15.8 Å². The number of rotatable bonds is 5. The smallest absolute Gasteiger partial charge is 0.331 e. The molecule has 0 saturated carbocycles. The highest BCUT2D eigenvalue weighted by Crippen LogP contribution is 2.30. The Bertz CT molecular complexity index is 544. The summed E-state index contributed by atoms with van der Waals surface area (Å²) in [5.41, 5.74) is -0.789. The second-order valence-corrected chi connectivity index (χ2v) is 5.03. The molecule has 1 aromatic rings. The molecule has 1 unspecified atom stereocenters. The maximum absolute atomic E-state index is 12.6. The molecular weight excluding hydrogens is 297 g/mol. The first-order chi connectivity index (χ1) is 10.1. The summed E-state index contributed by atoms with van der Waals surface area (Å²) in [4.78, 5) is 24.8. The number of benzene rings is 1. The normalized spacial score (nSPS) is 12.6. The Hall–Kier alpha value is -2.05. The van der Waals surface area contributed by atoms with Gasteiger partial charge in [-0.25, -0.2) is 0 Å². The van der Waals surface area contributed by atoms with E-state index in [0.29, 0.717) is 6.42 Å². The molecule has 22 heavy (non-hydrogen) atoms. The fourth-order valence-corrected chi connectivity index (χ4v) is 1.93. The molecule has 0 radical (unpaired) electrons. The number of nitrogens with one attached hydrogen (secondary N) is 1. The van der Waals surface area contributed by atoms with Gasteiger partial charge in [0, 0.05) is 18.7 Å². The third-order valence-electron chi connectivity index (χ3n) is 3.31. The molecule has 0 heterocycles. The van der Waals surface area contributed by atoms with Crippen molar-refractivity contribution in [1.29, 1.82) is 0 Å². The van der Waals surface area contributed by atoms with Gasteiger partial charge in [-0.1, -0.05) is 13.0 Å². The van der Waals surface area contributed by atoms with Crippen molar-refractivity contribution in [3.05, 3.63) is 29.8 Å². The monoisotopic (exact) mass is 316 g/mol. The molecule has 0 bridgehead atoms. The SMILES string of the molecule is CCC(C)N(CC(=O)Nc1cccc(C(F)(F)F)c1)C(C)=O. The zero-order valence-corrected chi connectivity index (χ0v) is 12.7. The second kappa shape index (κ2) is 7.29. The van der Waals surface area contributed by atoms with Crippen molar-refractivity contribution in [1.82, 2.24) is 4.90 Å². The third-order valence-corrected chi connectivity index (χ3v) is 3.31. The molecule has 122 valence electrons. The van der Waals surface area contributed by atoms with Crippen LogP contribution in [0, 0.1) is 0 Å². The van der Waals surface area contributed by atoms with Crippen LogP contribution < -0.4 is 5.32 Å². The van der Waals surface area contributed by atoms with Crippen LogP contribution in [0.2, 0.25) is 0 Å². The third kappa shape index (κ3) is 5.05. The molecule has 1 atom stereocenters. The molecular formula is C15H19F3N2O2. The predicted octanol–water partition coefficient (Wildman–Crippen LogP) is 3.29. The van der Waals surface area contributed by atoms with Crippen molar-refractivity contribution < 1.29 is 22.8 Å². The zero-order chi connectivity index (χ0) is 16.9. The van der Waals surface area contributed by atoms with Crippen molar-refractivity contribution in [2.75, 3.05) is 11.9 Å². The van der Waals surface area contributed by atoms with Crippen LogP contribution >= 0.6 is 0 Å². The highest BCUT2D eigenvalue weighted by atomic mass is 19.4. The van der Waals surface area contributed by atoms with E-state index in [1.807, 2.05) is 6.92 Å². The van der Waals surface area contributed by atoms with Crippen LogP contribution in [0.4, 0.5) is 18.9 Å². The first kappa shape index (κ1) is 18.0. The van der Waals surface area contributed by atoms with Crippen LogP contribution in [0.1, 0.15) is 32.8 Å². The van der Waals surface area contributed by atoms with Crippen LogP contribution in [0.15, 0.2) is 24.3 Å². The first-order valence-electron chi connectivity index (χ1n) is 6.89. The summed E-state index contributed by atoms with van der Waals surface area (Å²) in [6, 6.07) is 4.25. The molecule has 0 aromatic heterocycles. The van der Waals surface area contributed by atoms with E-state index in [1.54, 1.807) is 6.92 Å². The lowest BCUT2D eigenvalue weighted by Gasteiger charge is -2.26. The summed E-state index contributed by atoms with van der Waals surface area (Å²) in [5, 5.41) is 2.39. The highest BCUT2D eigenvalue weighted by Gasteiger charge is 2.30. The quantitative estimate of drug-likeness (QED) is 0.906. The average Bonchev–Trinajstić information content (AvgIpc) is 2.43. The van der Waals surface area contributed by atoms with Crippen LogP contribution in [-0.4, -0.2) is 29.3 Å². The lowest BCUT2D eigenvalue weighted by molar-refractivity contribution is -0.137. The summed E-state index contributed by atoms with van der Waals surface area (Å²) in [6.45, 7) is 4.84. The maximum Gasteiger partial charge on any atom is 0.416 e. The summed E-state index contributed by atoms with van der Waals surface area (Å²) in [7, 11) is 0. The first-order valence-corrected chi connectivity index (χ1v) is 6.89. The van der Waals surface area contributed by atoms with Crippen molar-refractivity contribution in [2.24, 2.45) is 0 Å². The number of halogens is 3. The van der Waals surface area contributed by atoms with E-state index in [-0.39, 0.29) is 24.2 Å². The van der Waals surface area contributed by atoms with Gasteiger partial charge < -0.3 is 10.2 Å². The Morgan fingerprint density at radius 3 is 2.45 bits per heavy atom. The van der Waals surface area contributed by atoms with Crippen molar-refractivity contribution >= 4 is 17.5 Å². The summed E-state index contributed by atoms with van der Waals surface area (Å²) in [5.74, 6) is -0.789. The van der Waals surface area contributed by atoms with Crippen LogP contribution in [0.5, 0.6) is 0 Å². The highest BCUT2D eigenvalue weighted by molar-refractivity contribution is 5.94. The lowest BCUT2D eigenvalue weighted by Crippen LogP contribution is -2.42. The minimum absolute atomic E-state index is 0.0486. The number of hydrogen-bond donors (Lipinski definition) is 1. The molecule has 4 nitrogen and oxygen atoms in total. The van der Waals surface area contributed by atoms with Gasteiger partial charge >= 0.3 is 6.18 Å². The summed E-state index contributed by atoms with van der Waals surface area (Å²) in [6.07, 6.45) is -3.79. The van der Waals surface area contributed by atoms with Crippen molar-refractivity contribution in [2.45, 2.75) is 39.4 Å². The fourth-order valence-electron chi connectivity index (χ4n) is 1.93. The minimum atomic E-state index is -4.47. The van der Waals surface area contributed by atoms with Crippen molar-refractivity contribution in [3.63, 3.8) is 0 Å². The van der Waals surface area contributed by atoms with Gasteiger partial charge in [0.05, 0.1) is 5.56 Å². The second-order valence-electron chi connectivity index (χ2n) is 5.03. The fraction of sp³-hybridized carbons (Fsp3) is 0.467. The van der Waals surface area contributed by atoms with Gasteiger partial charge in [-0.2, -0.15) is 13.2 Å². The molecule has 0 aliphatic carbocycles. The van der Waals surface area contributed by atoms with Gasteiger partial charge in [0.1, 0.15) is 6.54 Å². The Balaban J connectivity index is 2.78. The Kier molecular flexibility index (Phi) is 5.96. The Labute approximate surface area is 127 Å². The summed E-state index contributed by atoms with van der Waals surface area (Å²) < 4.78 is 37.8. The predicted molar refractivity (Wildman–Crippen MR) is 77.2 cm³/mol. The molecule has 1 rings (SSSR count). The van der Waals surface area contributed by atoms with E-state index in [0.717, 1.165) is 12.1 Å². The van der Waals surface area contributed by atoms with E-state index in [9.17, 15) is 22.8 Å². The van der Waals surface area contributed by atoms with Crippen LogP contribution in [0.3, 0.4) is 0 Å². The number of nitrogens with zero attached hydrogens (tertiary/aromatic N) is 1. The minimum Gasteiger partial charge on any atom is -0.331 e. The van der Waals surface area contributed by atoms with Gasteiger partial charge in [0.15, 0.2) is 0 Å². The van der Waals surface area contributed by atoms with Gasteiger partial charge in [0.25, 0.3) is 0 Å². The Morgan fingerprint density at radius 1 is 1.32 bits per heavy atom. The lowest BCUT2D eigenvalue weighted by atomic mass is 10.2. The molecule has 0 saturated heterocycles. The molecule has 1 aromatic carbocycles. The Morgan fingerprint density at radius 2 is 1.95 bits per heavy atom. The van der Waals surface area contributed by atoms with Crippen molar-refractivity contribution in [3.8, 4) is 0 Å². The van der Waals surface area contributed by atoms with Crippen LogP contribution in [0.25, 0.3) is 0 Å². The average molecular weight is 316 g/mol. The van der Waals surface area contributed by atoms with E-state index >= 15 is 0 Å². The number of amides is 2. The molecule has 0 fully saturated rings. The maximum atomic E-state index is 12.6. The number of carbonyl (C=O) groups excluding carboxylic acids is 2. The zero-order valence-electron chi connectivity index (χ0n) is 12.7. The van der Waals surface area contributed by atoms with E-state index in [2.05, 4.69) is 5.32 Å². The largest absolute Gasteiger partial charge is 0.416 e. The van der Waals surface area contributed by atoms with Gasteiger partial charge in [-0.3, -0.25) is 9.59 Å². The van der Waals surface area contributed by atoms with Gasteiger partial charge in [-0.15, -0.1) is 0 Å². The van der Waals surface area contributed by atoms with Gasteiger partial charge in [-0.05, 0) is 31.5 Å². The topological polar surface area (TPSA) is 49.4 Å². The molecule has 0 aliphatic heterocycles. The van der Waals surface area contributed by atoms with E-state index in [1.165, 1.54) is 24.0 Å². The number of alkyl halides is 3. The van der Waals surface area contributed by atoms with E-state index < -0.39 is 17.6 Å². The number of hydrogen-bond acceptors (Lipinski definition) is 2. The molecule has 1 N–H and O–H groups in total. The standard InChI is InChI=1S/C15H19F3N2O2/c1-4-10(2)20(11(3)21)9-14(22)19-13-7-5-6-12(8-13)15(16,17)18/h5-8,10H,4,9H2,1-3H3,(H,19,22). The molecule has 0 spiro atoms. The van der Waals surface area contributed by atoms with Gasteiger partial charge in [0.2, 0.25) is 11.8 Å². The van der Waals surface area contributed by atoms with E-state index in [4.69, 9.17) is 0 Å². The number of anilines is 1. The molecule has 2 amide bonds. The number of carbonyl (C=O) groups is 2. The summed E-state index contributed by atoms with van der Waals surface area (Å²) >= 11 is 0. The molecule has 7 heteroatoms. The molecule has 0 aliphatic rings.